The Morgan fingerprint density at radius 2 is 1.60 bits per heavy atom. The fourth-order valence-corrected chi connectivity index (χ4v) is 4.39. The highest BCUT2D eigenvalue weighted by atomic mass is 35.5. The van der Waals surface area contributed by atoms with Crippen molar-refractivity contribution < 1.29 is 34.0 Å². The summed E-state index contributed by atoms with van der Waals surface area (Å²) < 4.78 is 21.3. The van der Waals surface area contributed by atoms with Crippen molar-refractivity contribution in [3.63, 3.8) is 0 Å². The Morgan fingerprint density at radius 1 is 0.950 bits per heavy atom. The van der Waals surface area contributed by atoms with E-state index in [9.17, 15) is 9.90 Å². The molecule has 40 heavy (non-hydrogen) atoms. The summed E-state index contributed by atoms with van der Waals surface area (Å²) in [7, 11) is 3.14. The summed E-state index contributed by atoms with van der Waals surface area (Å²) in [5.74, 6) is 0.920. The van der Waals surface area contributed by atoms with Gasteiger partial charge in [0, 0.05) is 30.4 Å². The minimum Gasteiger partial charge on any atom is -0.506 e. The van der Waals surface area contributed by atoms with Crippen molar-refractivity contribution in [2.75, 3.05) is 32.8 Å². The molecular formula is C29H30ClN3O7. The van der Waals surface area contributed by atoms with Gasteiger partial charge in [-0.3, -0.25) is 0 Å². The topological polar surface area (TPSA) is 132 Å². The molecule has 0 aliphatic carbocycles. The number of carbonyl (C=O) groups is 1. The molecule has 3 heterocycles. The Morgan fingerprint density at radius 3 is 2.17 bits per heavy atom. The molecule has 2 fully saturated rings. The van der Waals surface area contributed by atoms with Gasteiger partial charge >= 0.3 is 5.97 Å². The fraction of sp³-hybridized carbons (Fsp3) is 0.276. The summed E-state index contributed by atoms with van der Waals surface area (Å²) >= 11 is 5.93. The Bertz CT molecular complexity index is 1420. The Hall–Kier alpha value is -4.12. The van der Waals surface area contributed by atoms with Crippen molar-refractivity contribution in [1.29, 1.82) is 0 Å². The first kappa shape index (κ1) is 28.9. The summed E-state index contributed by atoms with van der Waals surface area (Å²) in [5.41, 5.74) is 1.74. The summed E-state index contributed by atoms with van der Waals surface area (Å²) in [6, 6.07) is 16.7. The van der Waals surface area contributed by atoms with Crippen LogP contribution in [0.3, 0.4) is 0 Å². The molecule has 1 aromatic heterocycles. The molecule has 3 N–H and O–H groups in total. The van der Waals surface area contributed by atoms with Gasteiger partial charge in [-0.25, -0.2) is 14.8 Å². The van der Waals surface area contributed by atoms with Crippen LogP contribution >= 0.6 is 11.6 Å². The molecule has 2 aliphatic heterocycles. The van der Waals surface area contributed by atoms with Crippen molar-refractivity contribution in [2.24, 2.45) is 0 Å². The number of hydrogen-bond donors (Lipinski definition) is 3. The second-order valence-corrected chi connectivity index (χ2v) is 9.21. The number of carboxylic acids is 1. The van der Waals surface area contributed by atoms with Gasteiger partial charge in [0.1, 0.15) is 17.9 Å². The third-order valence-electron chi connectivity index (χ3n) is 6.26. The van der Waals surface area contributed by atoms with Crippen molar-refractivity contribution in [1.82, 2.24) is 9.97 Å². The van der Waals surface area contributed by atoms with Crippen molar-refractivity contribution in [3.05, 3.63) is 77.6 Å². The third kappa shape index (κ3) is 7.29. The second kappa shape index (κ2) is 13.8. The van der Waals surface area contributed by atoms with Crippen LogP contribution in [0, 0.1) is 0 Å². The van der Waals surface area contributed by atoms with Gasteiger partial charge in [-0.05, 0) is 49.2 Å². The van der Waals surface area contributed by atoms with E-state index in [0.29, 0.717) is 46.3 Å². The molecule has 2 saturated heterocycles. The minimum absolute atomic E-state index is 0.0242. The molecule has 4 aromatic rings. The van der Waals surface area contributed by atoms with E-state index in [1.807, 2.05) is 0 Å². The number of methoxy groups -OCH3 is 2. The quantitative estimate of drug-likeness (QED) is 0.258. The van der Waals surface area contributed by atoms with E-state index in [0.717, 1.165) is 31.4 Å². The molecule has 210 valence electrons. The zero-order chi connectivity index (χ0) is 28.5. The number of carboxylic acid groups (broad SMARTS) is 1. The largest absolute Gasteiger partial charge is 0.506 e. The highest BCUT2D eigenvalue weighted by Crippen LogP contribution is 2.35. The lowest BCUT2D eigenvalue weighted by Gasteiger charge is -2.12. The number of ether oxygens (including phenoxy) is 4. The molecule has 0 radical (unpaired) electrons. The van der Waals surface area contributed by atoms with Crippen molar-refractivity contribution >= 4 is 40.0 Å². The fourth-order valence-electron chi connectivity index (χ4n) is 4.21. The number of aromatic carboxylic acids is 1. The number of halogens is 1. The van der Waals surface area contributed by atoms with Crippen molar-refractivity contribution in [2.45, 2.75) is 25.0 Å². The SMILES string of the molecule is C1C[C@H]2OCC[C@H]2O1.COc1cc2ncnc(Nc3ccc(O)c(Cl)c3)c2cc1OC.O=C(O)c1ccccc1. The first-order chi connectivity index (χ1) is 19.4. The number of nitrogens with zero attached hydrogens (tertiary/aromatic N) is 2. The normalized spacial score (nSPS) is 17.1. The number of hydrogen-bond acceptors (Lipinski definition) is 9. The summed E-state index contributed by atoms with van der Waals surface area (Å²) in [6.45, 7) is 1.82. The van der Waals surface area contributed by atoms with Gasteiger partial charge < -0.3 is 34.5 Å². The molecule has 0 bridgehead atoms. The lowest BCUT2D eigenvalue weighted by atomic mass is 10.2. The zero-order valence-corrected chi connectivity index (χ0v) is 22.8. The smallest absolute Gasteiger partial charge is 0.335 e. The van der Waals surface area contributed by atoms with Crippen LogP contribution in [0.5, 0.6) is 17.2 Å². The van der Waals surface area contributed by atoms with E-state index in [-0.39, 0.29) is 10.8 Å². The number of anilines is 2. The van der Waals surface area contributed by atoms with E-state index >= 15 is 0 Å². The number of rotatable bonds is 5. The van der Waals surface area contributed by atoms with Gasteiger partial charge in [-0.2, -0.15) is 0 Å². The van der Waals surface area contributed by atoms with Crippen LogP contribution in [-0.2, 0) is 9.47 Å². The molecule has 3 aromatic carbocycles. The van der Waals surface area contributed by atoms with Gasteiger partial charge in [0.15, 0.2) is 11.5 Å². The van der Waals surface area contributed by atoms with Crippen molar-refractivity contribution in [3.8, 4) is 17.2 Å². The van der Waals surface area contributed by atoms with Crippen LogP contribution in [0.4, 0.5) is 11.5 Å². The lowest BCUT2D eigenvalue weighted by Crippen LogP contribution is -2.13. The van der Waals surface area contributed by atoms with Gasteiger partial charge in [-0.15, -0.1) is 0 Å². The molecule has 0 spiro atoms. The van der Waals surface area contributed by atoms with Crippen LogP contribution in [0.1, 0.15) is 23.2 Å². The molecule has 0 amide bonds. The van der Waals surface area contributed by atoms with Gasteiger partial charge in [0.25, 0.3) is 0 Å². The monoisotopic (exact) mass is 567 g/mol. The van der Waals surface area contributed by atoms with E-state index in [4.69, 9.17) is 35.7 Å². The van der Waals surface area contributed by atoms with E-state index in [1.165, 1.54) is 12.4 Å². The maximum absolute atomic E-state index is 10.2. The number of benzene rings is 3. The van der Waals surface area contributed by atoms with Crippen LogP contribution in [0.15, 0.2) is 67.0 Å². The van der Waals surface area contributed by atoms with Crippen LogP contribution < -0.4 is 14.8 Å². The Balaban J connectivity index is 0.000000176. The minimum atomic E-state index is -0.879. The van der Waals surface area contributed by atoms with Crippen LogP contribution in [0.2, 0.25) is 5.02 Å². The zero-order valence-electron chi connectivity index (χ0n) is 22.0. The summed E-state index contributed by atoms with van der Waals surface area (Å²) in [6.07, 6.45) is 4.60. The predicted octanol–water partition coefficient (Wildman–Crippen LogP) is 5.70. The number of aromatic hydroxyl groups is 1. The number of nitrogens with one attached hydrogen (secondary N) is 1. The standard InChI is InChI=1S/C16H14ClN3O3.C7H6O2.C6H10O2/c1-22-14-6-10-12(7-15(14)23-2)18-8-19-16(10)20-9-3-4-13(21)11(17)5-9;8-7(9)6-4-2-1-3-5-6;1-3-7-6-2-4-8-5(1)6/h3-8,21H,1-2H3,(H,18,19,20);1-5H,(H,8,9);5-6H,1-4H2/t;;5-,6-/m..1/s1. The average Bonchev–Trinajstić information content (AvgIpc) is 3.62. The molecule has 2 aliphatic rings. The first-order valence-corrected chi connectivity index (χ1v) is 12.9. The molecule has 0 unspecified atom stereocenters. The van der Waals surface area contributed by atoms with Gasteiger partial charge in [-0.1, -0.05) is 29.8 Å². The van der Waals surface area contributed by atoms with Crippen LogP contribution in [0.25, 0.3) is 10.9 Å². The third-order valence-corrected chi connectivity index (χ3v) is 6.56. The van der Waals surface area contributed by atoms with E-state index < -0.39 is 5.97 Å². The molecule has 6 rings (SSSR count). The molecule has 2 atom stereocenters. The Labute approximate surface area is 236 Å². The molecular weight excluding hydrogens is 538 g/mol. The predicted molar refractivity (Wildman–Crippen MR) is 151 cm³/mol. The molecule has 0 saturated carbocycles. The van der Waals surface area contributed by atoms with Gasteiger partial charge in [0.05, 0.1) is 42.5 Å². The lowest BCUT2D eigenvalue weighted by molar-refractivity contribution is 0.0697. The maximum atomic E-state index is 10.2. The number of fused-ring (bicyclic) bond motifs is 2. The second-order valence-electron chi connectivity index (χ2n) is 8.80. The maximum Gasteiger partial charge on any atom is 0.335 e. The summed E-state index contributed by atoms with van der Waals surface area (Å²) in [4.78, 5) is 18.7. The Kier molecular flexibility index (Phi) is 9.96. The molecule has 11 heteroatoms. The number of phenols is 1. The highest BCUT2D eigenvalue weighted by Gasteiger charge is 2.33. The molecule has 10 nitrogen and oxygen atoms in total. The number of phenolic OH excluding ortho intramolecular Hbond substituents is 1. The van der Waals surface area contributed by atoms with E-state index in [1.54, 1.807) is 68.8 Å². The number of aromatic nitrogens is 2. The first-order valence-electron chi connectivity index (χ1n) is 12.5. The van der Waals surface area contributed by atoms with E-state index in [2.05, 4.69) is 15.3 Å². The van der Waals surface area contributed by atoms with Crippen LogP contribution in [-0.4, -0.2) is 65.8 Å². The average molecular weight is 568 g/mol. The van der Waals surface area contributed by atoms with Gasteiger partial charge in [0.2, 0.25) is 0 Å². The highest BCUT2D eigenvalue weighted by molar-refractivity contribution is 6.32. The summed E-state index contributed by atoms with van der Waals surface area (Å²) in [5, 5.41) is 22.1.